The Labute approximate surface area is 131 Å². The second kappa shape index (κ2) is 7.56. The molecule has 0 radical (unpaired) electrons. The van der Waals surface area contributed by atoms with Gasteiger partial charge in [0, 0.05) is 45.1 Å². The number of hydrogen-bond acceptors (Lipinski definition) is 4. The van der Waals surface area contributed by atoms with E-state index in [4.69, 9.17) is 4.74 Å². The molecule has 0 unspecified atom stereocenters. The first-order valence-electron chi connectivity index (χ1n) is 8.09. The lowest BCUT2D eigenvalue weighted by Crippen LogP contribution is -2.45. The van der Waals surface area contributed by atoms with Crippen LogP contribution in [0.25, 0.3) is 0 Å². The predicted octanol–water partition coefficient (Wildman–Crippen LogP) is 1.26. The fourth-order valence-electron chi connectivity index (χ4n) is 3.19. The lowest BCUT2D eigenvalue weighted by Gasteiger charge is -2.28. The number of urea groups is 1. The van der Waals surface area contributed by atoms with E-state index in [1.807, 2.05) is 17.0 Å². The van der Waals surface area contributed by atoms with E-state index in [-0.39, 0.29) is 12.1 Å². The number of carbonyl (C=O) groups is 1. The van der Waals surface area contributed by atoms with Crippen molar-refractivity contribution in [3.05, 3.63) is 30.1 Å². The summed E-state index contributed by atoms with van der Waals surface area (Å²) >= 11 is 0. The van der Waals surface area contributed by atoms with Gasteiger partial charge in [0.1, 0.15) is 0 Å². The molecule has 3 rings (SSSR count). The minimum absolute atomic E-state index is 0.0487. The van der Waals surface area contributed by atoms with Crippen LogP contribution in [-0.2, 0) is 4.74 Å². The second-order valence-electron chi connectivity index (χ2n) is 5.82. The molecule has 1 atom stereocenters. The van der Waals surface area contributed by atoms with Crippen molar-refractivity contribution in [1.29, 1.82) is 0 Å². The number of aromatic nitrogens is 1. The van der Waals surface area contributed by atoms with Crippen LogP contribution in [-0.4, -0.2) is 66.8 Å². The van der Waals surface area contributed by atoms with E-state index >= 15 is 0 Å². The van der Waals surface area contributed by atoms with Crippen molar-refractivity contribution in [2.75, 3.05) is 45.9 Å². The lowest BCUT2D eigenvalue weighted by atomic mass is 10.1. The van der Waals surface area contributed by atoms with E-state index in [2.05, 4.69) is 15.2 Å². The zero-order valence-electron chi connectivity index (χ0n) is 12.9. The van der Waals surface area contributed by atoms with E-state index in [0.29, 0.717) is 6.54 Å². The van der Waals surface area contributed by atoms with Gasteiger partial charge in [-0.05, 0) is 30.5 Å². The molecule has 6 heteroatoms. The van der Waals surface area contributed by atoms with Crippen molar-refractivity contribution >= 4 is 6.03 Å². The van der Waals surface area contributed by atoms with Crippen LogP contribution in [0.1, 0.15) is 24.4 Å². The van der Waals surface area contributed by atoms with Crippen molar-refractivity contribution in [3.63, 3.8) is 0 Å². The molecular formula is C16H24N4O2. The highest BCUT2D eigenvalue weighted by Gasteiger charge is 2.29. The summed E-state index contributed by atoms with van der Waals surface area (Å²) in [6.07, 6.45) is 5.68. The highest BCUT2D eigenvalue weighted by Crippen LogP contribution is 2.31. The molecule has 6 nitrogen and oxygen atoms in total. The summed E-state index contributed by atoms with van der Waals surface area (Å²) < 4.78 is 5.33. The summed E-state index contributed by atoms with van der Waals surface area (Å²) in [6.45, 7) is 5.92. The van der Waals surface area contributed by atoms with Crippen molar-refractivity contribution < 1.29 is 9.53 Å². The maximum absolute atomic E-state index is 12.4. The van der Waals surface area contributed by atoms with Gasteiger partial charge >= 0.3 is 6.03 Å². The highest BCUT2D eigenvalue weighted by atomic mass is 16.5. The second-order valence-corrected chi connectivity index (χ2v) is 5.82. The molecule has 2 aliphatic heterocycles. The molecule has 0 saturated carbocycles. The van der Waals surface area contributed by atoms with Crippen molar-refractivity contribution in [1.82, 2.24) is 20.1 Å². The number of ether oxygens (including phenoxy) is 1. The Morgan fingerprint density at radius 2 is 2.05 bits per heavy atom. The van der Waals surface area contributed by atoms with Crippen molar-refractivity contribution in [2.24, 2.45) is 0 Å². The third-order valence-corrected chi connectivity index (χ3v) is 4.41. The Morgan fingerprint density at radius 1 is 1.27 bits per heavy atom. The summed E-state index contributed by atoms with van der Waals surface area (Å²) in [5.74, 6) is 0. The van der Waals surface area contributed by atoms with Gasteiger partial charge in [0.15, 0.2) is 0 Å². The van der Waals surface area contributed by atoms with Gasteiger partial charge in [-0.2, -0.15) is 0 Å². The monoisotopic (exact) mass is 304 g/mol. The fourth-order valence-corrected chi connectivity index (χ4v) is 3.19. The minimum atomic E-state index is 0.0487. The number of amides is 2. The van der Waals surface area contributed by atoms with Gasteiger partial charge in [-0.3, -0.25) is 9.88 Å². The van der Waals surface area contributed by atoms with Gasteiger partial charge in [-0.15, -0.1) is 0 Å². The molecule has 0 spiro atoms. The average Bonchev–Trinajstić information content (AvgIpc) is 3.06. The molecule has 2 amide bonds. The van der Waals surface area contributed by atoms with E-state index in [9.17, 15) is 4.79 Å². The van der Waals surface area contributed by atoms with E-state index in [1.165, 1.54) is 5.56 Å². The SMILES string of the molecule is O=C(NCCN1CCOCC1)N1CCC[C@@H]1c1ccncc1. The molecule has 2 aliphatic rings. The Kier molecular flexibility index (Phi) is 5.24. The summed E-state index contributed by atoms with van der Waals surface area (Å²) in [5.41, 5.74) is 1.18. The molecule has 22 heavy (non-hydrogen) atoms. The molecule has 1 aromatic rings. The number of nitrogens with zero attached hydrogens (tertiary/aromatic N) is 3. The standard InChI is InChI=1S/C16H24N4O2/c21-16(18-7-9-19-10-12-22-13-11-19)20-8-1-2-15(20)14-3-5-17-6-4-14/h3-6,15H,1-2,7-13H2,(H,18,21)/t15-/m1/s1. The minimum Gasteiger partial charge on any atom is -0.379 e. The molecule has 120 valence electrons. The summed E-state index contributed by atoms with van der Waals surface area (Å²) in [5, 5.41) is 3.06. The zero-order chi connectivity index (χ0) is 15.2. The van der Waals surface area contributed by atoms with Gasteiger partial charge in [0.25, 0.3) is 0 Å². The number of morpholine rings is 1. The normalized spacial score (nSPS) is 22.7. The maximum atomic E-state index is 12.4. The van der Waals surface area contributed by atoms with Crippen LogP contribution in [0.5, 0.6) is 0 Å². The fraction of sp³-hybridized carbons (Fsp3) is 0.625. The first-order chi connectivity index (χ1) is 10.8. The number of hydrogen-bond donors (Lipinski definition) is 1. The number of pyridine rings is 1. The Balaban J connectivity index is 1.48. The number of likely N-dealkylation sites (tertiary alicyclic amines) is 1. The van der Waals surface area contributed by atoms with E-state index < -0.39 is 0 Å². The summed E-state index contributed by atoms with van der Waals surface area (Å²) in [6, 6.07) is 4.24. The van der Waals surface area contributed by atoms with Crippen molar-refractivity contribution in [3.8, 4) is 0 Å². The van der Waals surface area contributed by atoms with Crippen LogP contribution in [0.2, 0.25) is 0 Å². The average molecular weight is 304 g/mol. The zero-order valence-corrected chi connectivity index (χ0v) is 12.9. The first-order valence-corrected chi connectivity index (χ1v) is 8.09. The molecule has 3 heterocycles. The van der Waals surface area contributed by atoms with Gasteiger partial charge in [0.2, 0.25) is 0 Å². The lowest BCUT2D eigenvalue weighted by molar-refractivity contribution is 0.0385. The summed E-state index contributed by atoms with van der Waals surface area (Å²) in [7, 11) is 0. The van der Waals surface area contributed by atoms with Crippen LogP contribution in [0.15, 0.2) is 24.5 Å². The predicted molar refractivity (Wildman–Crippen MR) is 83.6 cm³/mol. The molecule has 0 aliphatic carbocycles. The first kappa shape index (κ1) is 15.2. The number of carbonyl (C=O) groups excluding carboxylic acids is 1. The van der Waals surface area contributed by atoms with Crippen molar-refractivity contribution in [2.45, 2.75) is 18.9 Å². The third-order valence-electron chi connectivity index (χ3n) is 4.41. The molecule has 2 fully saturated rings. The highest BCUT2D eigenvalue weighted by molar-refractivity contribution is 5.75. The topological polar surface area (TPSA) is 57.7 Å². The Morgan fingerprint density at radius 3 is 2.82 bits per heavy atom. The van der Waals surface area contributed by atoms with E-state index in [0.717, 1.165) is 52.2 Å². The smallest absolute Gasteiger partial charge is 0.317 e. The molecular weight excluding hydrogens is 280 g/mol. The largest absolute Gasteiger partial charge is 0.379 e. The van der Waals surface area contributed by atoms with Gasteiger partial charge in [-0.25, -0.2) is 4.79 Å². The van der Waals surface area contributed by atoms with Gasteiger partial charge in [0.05, 0.1) is 19.3 Å². The molecule has 0 aromatic carbocycles. The van der Waals surface area contributed by atoms with Gasteiger partial charge in [-0.1, -0.05) is 0 Å². The molecule has 1 N–H and O–H groups in total. The maximum Gasteiger partial charge on any atom is 0.317 e. The van der Waals surface area contributed by atoms with Crippen LogP contribution in [0.4, 0.5) is 4.79 Å². The number of rotatable bonds is 4. The van der Waals surface area contributed by atoms with Crippen LogP contribution in [0.3, 0.4) is 0 Å². The molecule has 2 saturated heterocycles. The Hall–Kier alpha value is -1.66. The van der Waals surface area contributed by atoms with Crippen LogP contribution >= 0.6 is 0 Å². The third kappa shape index (κ3) is 3.75. The van der Waals surface area contributed by atoms with Crippen LogP contribution < -0.4 is 5.32 Å². The van der Waals surface area contributed by atoms with Gasteiger partial charge < -0.3 is 15.0 Å². The quantitative estimate of drug-likeness (QED) is 0.910. The summed E-state index contributed by atoms with van der Waals surface area (Å²) in [4.78, 5) is 20.8. The molecule has 0 bridgehead atoms. The number of nitrogens with one attached hydrogen (secondary N) is 1. The molecule has 1 aromatic heterocycles. The Bertz CT molecular complexity index is 476. The van der Waals surface area contributed by atoms with Crippen LogP contribution in [0, 0.1) is 0 Å². The van der Waals surface area contributed by atoms with E-state index in [1.54, 1.807) is 12.4 Å².